The van der Waals surface area contributed by atoms with Gasteiger partial charge >= 0.3 is 0 Å². The standard InChI is InChI=1S/C23H24BrFN2O4/c1-14(18-6-8-22(31-10-9-28)23(12-18)30-4)26-13-21(29)16(3)27-15(2)17-5-7-20(25)19(24)11-17/h5-8,11-12,26,28H,1,3,9-10,13H2,2,4H3. The van der Waals surface area contributed by atoms with Crippen LogP contribution in [-0.4, -0.2) is 43.5 Å². The number of nitrogens with zero attached hydrogens (tertiary/aromatic N) is 1. The number of hydrogen-bond donors (Lipinski definition) is 2. The van der Waals surface area contributed by atoms with E-state index in [9.17, 15) is 9.18 Å². The Kier molecular flexibility index (Phi) is 8.96. The fourth-order valence-electron chi connectivity index (χ4n) is 2.57. The Morgan fingerprint density at radius 3 is 2.55 bits per heavy atom. The van der Waals surface area contributed by atoms with Crippen LogP contribution in [0.5, 0.6) is 11.5 Å². The molecular formula is C23H24BrFN2O4. The molecule has 0 unspecified atom stereocenters. The van der Waals surface area contributed by atoms with Gasteiger partial charge in [0.05, 0.1) is 24.7 Å². The number of carbonyl (C=O) groups is 1. The van der Waals surface area contributed by atoms with Crippen LogP contribution in [0.3, 0.4) is 0 Å². The van der Waals surface area contributed by atoms with Gasteiger partial charge in [-0.2, -0.15) is 0 Å². The van der Waals surface area contributed by atoms with Crippen molar-refractivity contribution in [2.24, 2.45) is 4.99 Å². The molecule has 0 aliphatic rings. The van der Waals surface area contributed by atoms with Crippen molar-refractivity contribution >= 4 is 33.1 Å². The summed E-state index contributed by atoms with van der Waals surface area (Å²) < 4.78 is 24.4. The molecule has 6 nitrogen and oxygen atoms in total. The van der Waals surface area contributed by atoms with Crippen LogP contribution in [0.15, 0.2) is 64.7 Å². The van der Waals surface area contributed by atoms with Crippen molar-refractivity contribution in [1.29, 1.82) is 0 Å². The third kappa shape index (κ3) is 6.77. The summed E-state index contributed by atoms with van der Waals surface area (Å²) >= 11 is 3.13. The highest BCUT2D eigenvalue weighted by Gasteiger charge is 2.11. The van der Waals surface area contributed by atoms with Gasteiger partial charge in [-0.15, -0.1) is 0 Å². The molecule has 0 aliphatic heterocycles. The largest absolute Gasteiger partial charge is 0.493 e. The number of Topliss-reactive ketones (excluding diaryl/α,β-unsaturated/α-hetero) is 1. The van der Waals surface area contributed by atoms with E-state index in [-0.39, 0.29) is 37.1 Å². The first kappa shape index (κ1) is 24.3. The van der Waals surface area contributed by atoms with E-state index >= 15 is 0 Å². The first-order valence-electron chi connectivity index (χ1n) is 9.34. The maximum Gasteiger partial charge on any atom is 0.199 e. The Morgan fingerprint density at radius 2 is 1.90 bits per heavy atom. The number of aliphatic hydroxyl groups excluding tert-OH is 1. The Hall–Kier alpha value is -2.97. The number of nitrogens with one attached hydrogen (secondary N) is 1. The average molecular weight is 491 g/mol. The van der Waals surface area contributed by atoms with Gasteiger partial charge in [-0.3, -0.25) is 4.79 Å². The van der Waals surface area contributed by atoms with Crippen molar-refractivity contribution < 1.29 is 23.8 Å². The van der Waals surface area contributed by atoms with Crippen LogP contribution < -0.4 is 14.8 Å². The summed E-state index contributed by atoms with van der Waals surface area (Å²) in [6.45, 7) is 9.39. The van der Waals surface area contributed by atoms with Crippen LogP contribution in [-0.2, 0) is 4.79 Å². The van der Waals surface area contributed by atoms with Gasteiger partial charge in [0.15, 0.2) is 17.3 Å². The minimum atomic E-state index is -0.376. The molecule has 0 saturated carbocycles. The number of methoxy groups -OCH3 is 1. The number of aliphatic hydroxyl groups is 1. The number of halogens is 2. The van der Waals surface area contributed by atoms with Crippen molar-refractivity contribution in [3.05, 3.63) is 76.7 Å². The number of carbonyl (C=O) groups excluding carboxylic acids is 1. The topological polar surface area (TPSA) is 80.2 Å². The molecule has 0 heterocycles. The van der Waals surface area contributed by atoms with Crippen LogP contribution in [0.25, 0.3) is 5.70 Å². The van der Waals surface area contributed by atoms with E-state index in [2.05, 4.69) is 39.4 Å². The van der Waals surface area contributed by atoms with Gasteiger partial charge in [-0.05, 0) is 58.7 Å². The molecule has 0 amide bonds. The second-order valence-corrected chi connectivity index (χ2v) is 7.32. The zero-order valence-corrected chi connectivity index (χ0v) is 19.0. The quantitative estimate of drug-likeness (QED) is 0.365. The molecule has 0 saturated heterocycles. The number of aliphatic imine (C=N–C) groups is 1. The molecule has 0 spiro atoms. The number of ether oxygens (including phenoxy) is 2. The molecule has 0 fully saturated rings. The molecule has 164 valence electrons. The minimum Gasteiger partial charge on any atom is -0.493 e. The van der Waals surface area contributed by atoms with E-state index in [0.29, 0.717) is 38.5 Å². The first-order valence-corrected chi connectivity index (χ1v) is 10.1. The van der Waals surface area contributed by atoms with Gasteiger partial charge < -0.3 is 19.9 Å². The SMILES string of the molecule is C=C(N=C(C)c1ccc(F)c(Br)c1)C(=O)CNC(=C)c1ccc(OCCO)c(OC)c1. The molecule has 0 atom stereocenters. The second-order valence-electron chi connectivity index (χ2n) is 6.47. The first-order chi connectivity index (χ1) is 14.8. The Balaban J connectivity index is 2.00. The summed E-state index contributed by atoms with van der Waals surface area (Å²) in [5, 5.41) is 11.8. The molecule has 8 heteroatoms. The predicted molar refractivity (Wildman–Crippen MR) is 123 cm³/mol. The van der Waals surface area contributed by atoms with Gasteiger partial charge in [-0.25, -0.2) is 9.38 Å². The highest BCUT2D eigenvalue weighted by atomic mass is 79.9. The Bertz CT molecular complexity index is 1020. The number of rotatable bonds is 11. The lowest BCUT2D eigenvalue weighted by atomic mass is 10.1. The molecule has 2 aromatic rings. The molecule has 0 radical (unpaired) electrons. The average Bonchev–Trinajstić information content (AvgIpc) is 2.77. The Labute approximate surface area is 189 Å². The lowest BCUT2D eigenvalue weighted by Gasteiger charge is -2.14. The lowest BCUT2D eigenvalue weighted by molar-refractivity contribution is -0.114. The van der Waals surface area contributed by atoms with Crippen molar-refractivity contribution in [2.45, 2.75) is 6.92 Å². The van der Waals surface area contributed by atoms with Crippen molar-refractivity contribution in [3.8, 4) is 11.5 Å². The summed E-state index contributed by atoms with van der Waals surface area (Å²) in [6.07, 6.45) is 0. The lowest BCUT2D eigenvalue weighted by Crippen LogP contribution is -2.22. The normalized spacial score (nSPS) is 11.1. The third-order valence-corrected chi connectivity index (χ3v) is 4.89. The van der Waals surface area contributed by atoms with Crippen molar-refractivity contribution in [2.75, 3.05) is 26.9 Å². The van der Waals surface area contributed by atoms with Gasteiger partial charge in [0, 0.05) is 17.0 Å². The second kappa shape index (κ2) is 11.4. The Morgan fingerprint density at radius 1 is 1.19 bits per heavy atom. The maximum absolute atomic E-state index is 13.4. The van der Waals surface area contributed by atoms with Gasteiger partial charge in [0.25, 0.3) is 0 Å². The van der Waals surface area contributed by atoms with Gasteiger partial charge in [0.2, 0.25) is 0 Å². The van der Waals surface area contributed by atoms with E-state index in [1.54, 1.807) is 37.3 Å². The molecule has 2 rings (SSSR count). The van der Waals surface area contributed by atoms with E-state index in [1.165, 1.54) is 13.2 Å². The molecule has 2 N–H and O–H groups in total. The molecular weight excluding hydrogens is 467 g/mol. The molecule has 0 bridgehead atoms. The van der Waals surface area contributed by atoms with Crippen LogP contribution in [0.1, 0.15) is 18.1 Å². The zero-order valence-electron chi connectivity index (χ0n) is 17.4. The van der Waals surface area contributed by atoms with Gasteiger partial charge in [0.1, 0.15) is 18.1 Å². The van der Waals surface area contributed by atoms with E-state index < -0.39 is 0 Å². The molecule has 0 aliphatic carbocycles. The third-order valence-electron chi connectivity index (χ3n) is 4.29. The highest BCUT2D eigenvalue weighted by molar-refractivity contribution is 9.10. The number of benzene rings is 2. The fraction of sp³-hybridized carbons (Fsp3) is 0.217. The molecule has 31 heavy (non-hydrogen) atoms. The zero-order chi connectivity index (χ0) is 23.0. The summed E-state index contributed by atoms with van der Waals surface area (Å²) in [5.41, 5.74) is 2.51. The van der Waals surface area contributed by atoms with E-state index in [0.717, 1.165) is 0 Å². The monoisotopic (exact) mass is 490 g/mol. The number of ketones is 1. The van der Waals surface area contributed by atoms with Crippen molar-refractivity contribution in [3.63, 3.8) is 0 Å². The van der Waals surface area contributed by atoms with Crippen LogP contribution in [0.2, 0.25) is 0 Å². The van der Waals surface area contributed by atoms with Crippen LogP contribution in [0.4, 0.5) is 4.39 Å². The molecule has 0 aromatic heterocycles. The summed E-state index contributed by atoms with van der Waals surface area (Å²) in [4.78, 5) is 16.7. The summed E-state index contributed by atoms with van der Waals surface area (Å²) in [6, 6.07) is 9.68. The van der Waals surface area contributed by atoms with Gasteiger partial charge in [-0.1, -0.05) is 19.2 Å². The van der Waals surface area contributed by atoms with Crippen LogP contribution in [0, 0.1) is 5.82 Å². The number of hydrogen-bond acceptors (Lipinski definition) is 6. The fourth-order valence-corrected chi connectivity index (χ4v) is 2.95. The predicted octanol–water partition coefficient (Wildman–Crippen LogP) is 4.12. The summed E-state index contributed by atoms with van der Waals surface area (Å²) in [5.74, 6) is 0.292. The highest BCUT2D eigenvalue weighted by Crippen LogP contribution is 2.29. The summed E-state index contributed by atoms with van der Waals surface area (Å²) in [7, 11) is 1.51. The van der Waals surface area contributed by atoms with Crippen LogP contribution >= 0.6 is 15.9 Å². The van der Waals surface area contributed by atoms with E-state index in [1.807, 2.05) is 0 Å². The minimum absolute atomic E-state index is 0.0490. The van der Waals surface area contributed by atoms with E-state index in [4.69, 9.17) is 14.6 Å². The smallest absolute Gasteiger partial charge is 0.199 e. The van der Waals surface area contributed by atoms with Crippen molar-refractivity contribution in [1.82, 2.24) is 5.32 Å². The maximum atomic E-state index is 13.4. The molecule has 2 aromatic carbocycles.